The molecule has 1 aliphatic heterocycles. The molecule has 6 heteroatoms. The molecule has 31 heavy (non-hydrogen) atoms. The molecule has 2 aromatic rings. The number of carbonyl (C=O) groups is 2. The minimum atomic E-state index is -0.716. The second kappa shape index (κ2) is 8.71. The Balaban J connectivity index is 1.65. The van der Waals surface area contributed by atoms with Crippen molar-refractivity contribution in [2.75, 3.05) is 6.54 Å². The SMILES string of the molecule is CC(C(=O)NO)N1CCC(C)(c2ccc(OCc3ccc(C(C)(C)C)cc3)cc2)C1=O. The lowest BCUT2D eigenvalue weighted by molar-refractivity contribution is -0.143. The monoisotopic (exact) mass is 424 g/mol. The van der Waals surface area contributed by atoms with Gasteiger partial charge in [-0.2, -0.15) is 0 Å². The van der Waals surface area contributed by atoms with E-state index in [0.29, 0.717) is 19.6 Å². The third-order valence-corrected chi connectivity index (χ3v) is 6.26. The fourth-order valence-electron chi connectivity index (χ4n) is 3.93. The predicted molar refractivity (Wildman–Crippen MR) is 119 cm³/mol. The van der Waals surface area contributed by atoms with Crippen LogP contribution in [0.1, 0.15) is 57.7 Å². The van der Waals surface area contributed by atoms with Crippen LogP contribution in [0.15, 0.2) is 48.5 Å². The number of hydrogen-bond donors (Lipinski definition) is 2. The number of benzene rings is 2. The van der Waals surface area contributed by atoms with E-state index in [1.165, 1.54) is 10.5 Å². The van der Waals surface area contributed by atoms with Crippen molar-refractivity contribution >= 4 is 11.8 Å². The maximum atomic E-state index is 13.0. The van der Waals surface area contributed by atoms with Gasteiger partial charge in [-0.3, -0.25) is 14.8 Å². The third kappa shape index (κ3) is 4.74. The highest BCUT2D eigenvalue weighted by molar-refractivity contribution is 5.94. The number of hydroxylamine groups is 1. The van der Waals surface area contributed by atoms with Crippen molar-refractivity contribution < 1.29 is 19.5 Å². The van der Waals surface area contributed by atoms with E-state index in [1.54, 1.807) is 12.4 Å². The average Bonchev–Trinajstić information content (AvgIpc) is 3.06. The summed E-state index contributed by atoms with van der Waals surface area (Å²) in [5.74, 6) is 0.0377. The minimum absolute atomic E-state index is 0.115. The molecule has 3 rings (SSSR count). The molecular formula is C25H32N2O4. The van der Waals surface area contributed by atoms with Crippen LogP contribution in [0.2, 0.25) is 0 Å². The van der Waals surface area contributed by atoms with Gasteiger partial charge >= 0.3 is 0 Å². The molecule has 0 spiro atoms. The molecule has 0 aromatic heterocycles. The van der Waals surface area contributed by atoms with Gasteiger partial charge in [-0.25, -0.2) is 5.48 Å². The van der Waals surface area contributed by atoms with Gasteiger partial charge in [0.2, 0.25) is 5.91 Å². The number of nitrogens with one attached hydrogen (secondary N) is 1. The van der Waals surface area contributed by atoms with E-state index in [-0.39, 0.29) is 11.3 Å². The van der Waals surface area contributed by atoms with Crippen molar-refractivity contribution in [3.05, 3.63) is 65.2 Å². The van der Waals surface area contributed by atoms with Gasteiger partial charge in [0.1, 0.15) is 18.4 Å². The maximum absolute atomic E-state index is 13.0. The number of carbonyl (C=O) groups excluding carboxylic acids is 2. The summed E-state index contributed by atoms with van der Waals surface area (Å²) in [5, 5.41) is 8.86. The summed E-state index contributed by atoms with van der Waals surface area (Å²) in [6.45, 7) is 11.0. The molecule has 1 saturated heterocycles. The zero-order chi connectivity index (χ0) is 22.8. The number of rotatable bonds is 6. The van der Waals surface area contributed by atoms with Crippen molar-refractivity contribution in [2.24, 2.45) is 0 Å². The van der Waals surface area contributed by atoms with Gasteiger partial charge in [0.25, 0.3) is 5.91 Å². The Bertz CT molecular complexity index is 931. The highest BCUT2D eigenvalue weighted by Gasteiger charge is 2.46. The van der Waals surface area contributed by atoms with Crippen LogP contribution in [-0.2, 0) is 27.0 Å². The van der Waals surface area contributed by atoms with Crippen LogP contribution in [0.4, 0.5) is 0 Å². The Hall–Kier alpha value is -2.86. The van der Waals surface area contributed by atoms with Gasteiger partial charge in [0.15, 0.2) is 0 Å². The van der Waals surface area contributed by atoms with Crippen LogP contribution in [0.25, 0.3) is 0 Å². The second-order valence-corrected chi connectivity index (χ2v) is 9.49. The Labute approximate surface area is 184 Å². The molecule has 2 aromatic carbocycles. The van der Waals surface area contributed by atoms with E-state index < -0.39 is 17.4 Å². The number of likely N-dealkylation sites (tertiary alicyclic amines) is 1. The quantitative estimate of drug-likeness (QED) is 0.544. The van der Waals surface area contributed by atoms with Crippen molar-refractivity contribution in [2.45, 2.75) is 64.5 Å². The minimum Gasteiger partial charge on any atom is -0.489 e. The van der Waals surface area contributed by atoms with E-state index in [2.05, 4.69) is 45.0 Å². The molecule has 166 valence electrons. The first kappa shape index (κ1) is 22.8. The molecule has 0 aliphatic carbocycles. The molecule has 2 amide bonds. The summed E-state index contributed by atoms with van der Waals surface area (Å²) in [5.41, 5.74) is 4.32. The summed E-state index contributed by atoms with van der Waals surface area (Å²) in [4.78, 5) is 26.2. The third-order valence-electron chi connectivity index (χ3n) is 6.26. The molecule has 2 unspecified atom stereocenters. The summed E-state index contributed by atoms with van der Waals surface area (Å²) in [6.07, 6.45) is 0.606. The van der Waals surface area contributed by atoms with Gasteiger partial charge in [0, 0.05) is 6.54 Å². The van der Waals surface area contributed by atoms with Crippen molar-refractivity contribution in [3.8, 4) is 5.75 Å². The van der Waals surface area contributed by atoms with Crippen LogP contribution >= 0.6 is 0 Å². The van der Waals surface area contributed by atoms with Crippen LogP contribution in [0.3, 0.4) is 0 Å². The van der Waals surface area contributed by atoms with Crippen LogP contribution in [-0.4, -0.2) is 34.5 Å². The zero-order valence-corrected chi connectivity index (χ0v) is 18.9. The predicted octanol–water partition coefficient (Wildman–Crippen LogP) is 3.95. The van der Waals surface area contributed by atoms with Crippen LogP contribution < -0.4 is 10.2 Å². The Morgan fingerprint density at radius 2 is 1.77 bits per heavy atom. The molecular weight excluding hydrogens is 392 g/mol. The number of ether oxygens (including phenoxy) is 1. The van der Waals surface area contributed by atoms with E-state index in [0.717, 1.165) is 16.9 Å². The largest absolute Gasteiger partial charge is 0.489 e. The van der Waals surface area contributed by atoms with Gasteiger partial charge in [-0.05, 0) is 54.5 Å². The average molecular weight is 425 g/mol. The fraction of sp³-hybridized carbons (Fsp3) is 0.440. The van der Waals surface area contributed by atoms with Crippen LogP contribution in [0, 0.1) is 0 Å². The Morgan fingerprint density at radius 1 is 1.16 bits per heavy atom. The first-order valence-electron chi connectivity index (χ1n) is 10.6. The van der Waals surface area contributed by atoms with E-state index in [1.807, 2.05) is 31.2 Å². The van der Waals surface area contributed by atoms with Gasteiger partial charge in [0.05, 0.1) is 5.41 Å². The molecule has 1 fully saturated rings. The lowest BCUT2D eigenvalue weighted by Crippen LogP contribution is -2.47. The van der Waals surface area contributed by atoms with Crippen LogP contribution in [0.5, 0.6) is 5.75 Å². The number of nitrogens with zero attached hydrogens (tertiary/aromatic N) is 1. The second-order valence-electron chi connectivity index (χ2n) is 9.49. The highest BCUT2D eigenvalue weighted by atomic mass is 16.5. The van der Waals surface area contributed by atoms with E-state index in [4.69, 9.17) is 9.94 Å². The summed E-state index contributed by atoms with van der Waals surface area (Å²) in [6, 6.07) is 15.3. The molecule has 0 bridgehead atoms. The number of amides is 2. The number of hydrogen-bond acceptors (Lipinski definition) is 4. The molecule has 2 N–H and O–H groups in total. The molecule has 1 aliphatic rings. The summed E-state index contributed by atoms with van der Waals surface area (Å²) < 4.78 is 5.92. The summed E-state index contributed by atoms with van der Waals surface area (Å²) >= 11 is 0. The van der Waals surface area contributed by atoms with Crippen molar-refractivity contribution in [3.63, 3.8) is 0 Å². The van der Waals surface area contributed by atoms with Crippen molar-refractivity contribution in [1.82, 2.24) is 10.4 Å². The molecule has 6 nitrogen and oxygen atoms in total. The van der Waals surface area contributed by atoms with Gasteiger partial charge in [-0.15, -0.1) is 0 Å². The first-order chi connectivity index (χ1) is 14.6. The summed E-state index contributed by atoms with van der Waals surface area (Å²) in [7, 11) is 0. The molecule has 2 atom stereocenters. The zero-order valence-electron chi connectivity index (χ0n) is 18.9. The molecule has 1 heterocycles. The van der Waals surface area contributed by atoms with Gasteiger partial charge in [-0.1, -0.05) is 57.2 Å². The lowest BCUT2D eigenvalue weighted by Gasteiger charge is -2.27. The molecule has 0 saturated carbocycles. The first-order valence-corrected chi connectivity index (χ1v) is 10.6. The van der Waals surface area contributed by atoms with E-state index in [9.17, 15) is 9.59 Å². The fourth-order valence-corrected chi connectivity index (χ4v) is 3.93. The highest BCUT2D eigenvalue weighted by Crippen LogP contribution is 2.37. The lowest BCUT2D eigenvalue weighted by atomic mass is 9.81. The Kier molecular flexibility index (Phi) is 6.41. The topological polar surface area (TPSA) is 78.9 Å². The maximum Gasteiger partial charge on any atom is 0.265 e. The van der Waals surface area contributed by atoms with Crippen molar-refractivity contribution in [1.29, 1.82) is 0 Å². The van der Waals surface area contributed by atoms with E-state index >= 15 is 0 Å². The smallest absolute Gasteiger partial charge is 0.265 e. The van der Waals surface area contributed by atoms with Gasteiger partial charge < -0.3 is 9.64 Å². The standard InChI is InChI=1S/C25H32N2O4/c1-17(22(28)26-30)27-15-14-25(5,23(27)29)20-10-12-21(13-11-20)31-16-18-6-8-19(9-7-18)24(2,3)4/h6-13,17,30H,14-16H2,1-5H3,(H,26,28). The molecule has 0 radical (unpaired) electrons. The normalized spacial score (nSPS) is 19.9. The Morgan fingerprint density at radius 3 is 2.32 bits per heavy atom.